The van der Waals surface area contributed by atoms with E-state index in [4.69, 9.17) is 9.47 Å². The van der Waals surface area contributed by atoms with E-state index in [1.165, 1.54) is 16.7 Å². The lowest BCUT2D eigenvalue weighted by Gasteiger charge is -2.13. The molecule has 0 heterocycles. The summed E-state index contributed by atoms with van der Waals surface area (Å²) in [6.45, 7) is 13.5. The fraction of sp³-hybridized carbons (Fsp3) is 0.647. The Hall–Kier alpha value is -1.06. The number of benzene rings is 1. The maximum atomic E-state index is 5.80. The summed E-state index contributed by atoms with van der Waals surface area (Å²) >= 11 is 0. The highest BCUT2D eigenvalue weighted by Crippen LogP contribution is 2.23. The fourth-order valence-electron chi connectivity index (χ4n) is 1.99. The molecule has 20 heavy (non-hydrogen) atoms. The van der Waals surface area contributed by atoms with Gasteiger partial charge in [-0.3, -0.25) is 0 Å². The summed E-state index contributed by atoms with van der Waals surface area (Å²) in [6.07, 6.45) is 1.15. The molecule has 1 rings (SSSR count). The molecule has 3 nitrogen and oxygen atoms in total. The number of nitrogens with one attached hydrogen (secondary N) is 1. The lowest BCUT2D eigenvalue weighted by molar-refractivity contribution is 0.100. The van der Waals surface area contributed by atoms with Crippen molar-refractivity contribution >= 4 is 0 Å². The molecule has 1 aromatic carbocycles. The van der Waals surface area contributed by atoms with Gasteiger partial charge in [0.2, 0.25) is 0 Å². The van der Waals surface area contributed by atoms with Gasteiger partial charge in [0.1, 0.15) is 12.4 Å². The van der Waals surface area contributed by atoms with E-state index >= 15 is 0 Å². The van der Waals surface area contributed by atoms with Crippen LogP contribution in [0.3, 0.4) is 0 Å². The Morgan fingerprint density at radius 1 is 1.10 bits per heavy atom. The first kappa shape index (κ1) is 17.0. The van der Waals surface area contributed by atoms with Crippen LogP contribution in [-0.2, 0) is 4.74 Å². The van der Waals surface area contributed by atoms with Crippen LogP contribution >= 0.6 is 0 Å². The zero-order chi connectivity index (χ0) is 15.0. The maximum absolute atomic E-state index is 5.80. The van der Waals surface area contributed by atoms with Gasteiger partial charge < -0.3 is 14.8 Å². The quantitative estimate of drug-likeness (QED) is 0.703. The predicted octanol–water partition coefficient (Wildman–Crippen LogP) is 3.40. The van der Waals surface area contributed by atoms with Gasteiger partial charge in [0, 0.05) is 12.6 Å². The number of hydrogen-bond donors (Lipinski definition) is 1. The number of hydrogen-bond acceptors (Lipinski definition) is 3. The molecule has 0 saturated carbocycles. The average molecular weight is 279 g/mol. The third kappa shape index (κ3) is 5.93. The maximum Gasteiger partial charge on any atom is 0.122 e. The average Bonchev–Trinajstić information content (AvgIpc) is 2.42. The predicted molar refractivity (Wildman–Crippen MR) is 84.7 cm³/mol. The topological polar surface area (TPSA) is 30.5 Å². The molecule has 0 aliphatic heterocycles. The summed E-state index contributed by atoms with van der Waals surface area (Å²) in [5.74, 6) is 0.976. The second kappa shape index (κ2) is 8.98. The zero-order valence-electron chi connectivity index (χ0n) is 13.6. The van der Waals surface area contributed by atoms with E-state index in [0.717, 1.165) is 25.3 Å². The van der Waals surface area contributed by atoms with E-state index in [1.807, 2.05) is 0 Å². The van der Waals surface area contributed by atoms with Crippen molar-refractivity contribution in [3.63, 3.8) is 0 Å². The highest BCUT2D eigenvalue weighted by Gasteiger charge is 2.03. The Bertz CT molecular complexity index is 404. The molecule has 114 valence electrons. The van der Waals surface area contributed by atoms with Gasteiger partial charge in [0.05, 0.1) is 13.2 Å². The normalized spacial score (nSPS) is 12.4. The van der Waals surface area contributed by atoms with Crippen molar-refractivity contribution in [2.75, 3.05) is 26.4 Å². The van der Waals surface area contributed by atoms with Crippen LogP contribution in [0, 0.1) is 20.8 Å². The monoisotopic (exact) mass is 279 g/mol. The smallest absolute Gasteiger partial charge is 0.122 e. The molecule has 1 atom stereocenters. The van der Waals surface area contributed by atoms with Crippen LogP contribution in [0.4, 0.5) is 0 Å². The molecule has 0 fully saturated rings. The lowest BCUT2D eigenvalue weighted by Crippen LogP contribution is -2.29. The van der Waals surface area contributed by atoms with Gasteiger partial charge in [0.15, 0.2) is 0 Å². The minimum absolute atomic E-state index is 0.563. The Morgan fingerprint density at radius 3 is 2.55 bits per heavy atom. The summed E-state index contributed by atoms with van der Waals surface area (Å²) in [4.78, 5) is 0. The Balaban J connectivity index is 2.19. The molecular formula is C17H29NO2. The molecule has 0 unspecified atom stereocenters. The van der Waals surface area contributed by atoms with Crippen molar-refractivity contribution in [2.45, 2.75) is 47.1 Å². The highest BCUT2D eigenvalue weighted by atomic mass is 16.5. The zero-order valence-corrected chi connectivity index (χ0v) is 13.6. The van der Waals surface area contributed by atoms with Crippen molar-refractivity contribution in [1.82, 2.24) is 5.32 Å². The van der Waals surface area contributed by atoms with Crippen LogP contribution < -0.4 is 10.1 Å². The largest absolute Gasteiger partial charge is 0.491 e. The summed E-state index contributed by atoms with van der Waals surface area (Å²) < 4.78 is 11.4. The van der Waals surface area contributed by atoms with Gasteiger partial charge in [-0.1, -0.05) is 13.0 Å². The molecular weight excluding hydrogens is 250 g/mol. The lowest BCUT2D eigenvalue weighted by atomic mass is 10.1. The molecule has 0 radical (unpaired) electrons. The summed E-state index contributed by atoms with van der Waals surface area (Å²) in [5, 5.41) is 3.40. The van der Waals surface area contributed by atoms with Gasteiger partial charge in [-0.15, -0.1) is 0 Å². The van der Waals surface area contributed by atoms with E-state index in [-0.39, 0.29) is 0 Å². The summed E-state index contributed by atoms with van der Waals surface area (Å²) in [6, 6.07) is 4.83. The van der Waals surface area contributed by atoms with Crippen molar-refractivity contribution < 1.29 is 9.47 Å². The van der Waals surface area contributed by atoms with Gasteiger partial charge in [-0.05, 0) is 56.9 Å². The highest BCUT2D eigenvalue weighted by molar-refractivity contribution is 5.41. The van der Waals surface area contributed by atoms with Crippen molar-refractivity contribution in [3.8, 4) is 5.75 Å². The Kier molecular flexibility index (Phi) is 7.63. The van der Waals surface area contributed by atoms with Crippen molar-refractivity contribution in [3.05, 3.63) is 28.8 Å². The van der Waals surface area contributed by atoms with Crippen LogP contribution in [-0.4, -0.2) is 32.4 Å². The van der Waals surface area contributed by atoms with Crippen LogP contribution in [0.25, 0.3) is 0 Å². The van der Waals surface area contributed by atoms with E-state index in [1.54, 1.807) is 0 Å². The van der Waals surface area contributed by atoms with E-state index < -0.39 is 0 Å². The van der Waals surface area contributed by atoms with Crippen LogP contribution in [0.1, 0.15) is 37.0 Å². The minimum atomic E-state index is 0.563. The van der Waals surface area contributed by atoms with Crippen LogP contribution in [0.15, 0.2) is 12.1 Å². The van der Waals surface area contributed by atoms with E-state index in [0.29, 0.717) is 19.3 Å². The number of ether oxygens (including phenoxy) is 2. The minimum Gasteiger partial charge on any atom is -0.491 e. The SMILES string of the molecule is CC[C@H](C)NCCOCCOc1cc(C)cc(C)c1C. The molecule has 1 N–H and O–H groups in total. The van der Waals surface area contributed by atoms with Crippen LogP contribution in [0.2, 0.25) is 0 Å². The van der Waals surface area contributed by atoms with Gasteiger partial charge in [-0.25, -0.2) is 0 Å². The molecule has 0 aliphatic rings. The van der Waals surface area contributed by atoms with Gasteiger partial charge in [-0.2, -0.15) is 0 Å². The summed E-state index contributed by atoms with van der Waals surface area (Å²) in [7, 11) is 0. The first-order valence-corrected chi connectivity index (χ1v) is 7.56. The molecule has 0 amide bonds. The third-order valence-corrected chi connectivity index (χ3v) is 3.60. The molecule has 0 aromatic heterocycles. The van der Waals surface area contributed by atoms with Crippen molar-refractivity contribution in [1.29, 1.82) is 0 Å². The molecule has 0 aliphatic carbocycles. The molecule has 0 saturated heterocycles. The number of aryl methyl sites for hydroxylation is 2. The van der Waals surface area contributed by atoms with Crippen molar-refractivity contribution in [2.24, 2.45) is 0 Å². The standard InChI is InChI=1S/C17H29NO2/c1-6-15(4)18-7-8-19-9-10-20-17-12-13(2)11-14(3)16(17)5/h11-12,15,18H,6-10H2,1-5H3/t15-/m0/s1. The van der Waals surface area contributed by atoms with E-state index in [2.05, 4.69) is 52.1 Å². The second-order valence-electron chi connectivity index (χ2n) is 5.43. The first-order valence-electron chi connectivity index (χ1n) is 7.56. The molecule has 3 heteroatoms. The second-order valence-corrected chi connectivity index (χ2v) is 5.43. The molecule has 0 bridgehead atoms. The third-order valence-electron chi connectivity index (χ3n) is 3.60. The van der Waals surface area contributed by atoms with Gasteiger partial charge >= 0.3 is 0 Å². The number of rotatable bonds is 9. The molecule has 0 spiro atoms. The van der Waals surface area contributed by atoms with Gasteiger partial charge in [0.25, 0.3) is 0 Å². The Morgan fingerprint density at radius 2 is 1.85 bits per heavy atom. The summed E-state index contributed by atoms with van der Waals surface area (Å²) in [5.41, 5.74) is 3.73. The molecule has 1 aromatic rings. The van der Waals surface area contributed by atoms with E-state index in [9.17, 15) is 0 Å². The van der Waals surface area contributed by atoms with Crippen LogP contribution in [0.5, 0.6) is 5.75 Å². The first-order chi connectivity index (χ1) is 9.54. The fourth-order valence-corrected chi connectivity index (χ4v) is 1.99. The Labute approximate surface area is 123 Å².